The minimum absolute atomic E-state index is 0.0812. The van der Waals surface area contributed by atoms with Crippen molar-refractivity contribution < 1.29 is 14.7 Å². The Balaban J connectivity index is 2.12. The standard InChI is InChI=1S/C17H24N2O3/c1-13(2)10-19-15(8-9-17(21)22)18(12-16(19)20)11-14-6-4-3-5-7-14/h3-7,13,15H,8-12H2,1-2H3,(H,21,22). The van der Waals surface area contributed by atoms with Crippen LogP contribution in [-0.4, -0.2) is 46.0 Å². The molecule has 0 radical (unpaired) electrons. The van der Waals surface area contributed by atoms with Crippen LogP contribution in [0.15, 0.2) is 30.3 Å². The molecule has 5 heteroatoms. The summed E-state index contributed by atoms with van der Waals surface area (Å²) in [7, 11) is 0. The lowest BCUT2D eigenvalue weighted by Gasteiger charge is -2.31. The molecule has 0 saturated carbocycles. The van der Waals surface area contributed by atoms with E-state index in [2.05, 4.69) is 18.7 Å². The molecule has 1 aliphatic rings. The lowest BCUT2D eigenvalue weighted by Crippen LogP contribution is -2.41. The highest BCUT2D eigenvalue weighted by Crippen LogP contribution is 2.23. The third-order valence-electron chi connectivity index (χ3n) is 3.85. The van der Waals surface area contributed by atoms with Crippen LogP contribution in [0.5, 0.6) is 0 Å². The second-order valence-electron chi connectivity index (χ2n) is 6.24. The van der Waals surface area contributed by atoms with Crippen LogP contribution in [0, 0.1) is 5.92 Å². The molecule has 1 unspecified atom stereocenters. The van der Waals surface area contributed by atoms with Gasteiger partial charge in [-0.2, -0.15) is 0 Å². The molecule has 1 aromatic rings. The molecule has 1 aliphatic heterocycles. The van der Waals surface area contributed by atoms with Crippen molar-refractivity contribution in [2.45, 2.75) is 39.4 Å². The Bertz CT molecular complexity index is 516. The van der Waals surface area contributed by atoms with Gasteiger partial charge in [0.1, 0.15) is 0 Å². The fraction of sp³-hybridized carbons (Fsp3) is 0.529. The van der Waals surface area contributed by atoms with E-state index in [0.717, 1.165) is 5.56 Å². The first kappa shape index (κ1) is 16.5. The fourth-order valence-electron chi connectivity index (χ4n) is 2.92. The lowest BCUT2D eigenvalue weighted by molar-refractivity contribution is -0.138. The molecule has 1 fully saturated rings. The Morgan fingerprint density at radius 1 is 1.32 bits per heavy atom. The molecule has 1 N–H and O–H groups in total. The van der Waals surface area contributed by atoms with Crippen LogP contribution in [0.25, 0.3) is 0 Å². The number of carboxylic acid groups (broad SMARTS) is 1. The van der Waals surface area contributed by atoms with E-state index in [1.807, 2.05) is 35.2 Å². The monoisotopic (exact) mass is 304 g/mol. The average molecular weight is 304 g/mol. The first-order chi connectivity index (χ1) is 10.5. The number of amides is 1. The lowest BCUT2D eigenvalue weighted by atomic mass is 10.1. The number of nitrogens with zero attached hydrogens (tertiary/aromatic N) is 2. The van der Waals surface area contributed by atoms with E-state index < -0.39 is 5.97 Å². The molecule has 0 aliphatic carbocycles. The van der Waals surface area contributed by atoms with Crippen molar-refractivity contribution in [3.8, 4) is 0 Å². The second-order valence-corrected chi connectivity index (χ2v) is 6.24. The summed E-state index contributed by atoms with van der Waals surface area (Å²) in [4.78, 5) is 27.1. The second kappa shape index (κ2) is 7.40. The first-order valence-electron chi connectivity index (χ1n) is 7.76. The van der Waals surface area contributed by atoms with Crippen molar-refractivity contribution in [2.24, 2.45) is 5.92 Å². The van der Waals surface area contributed by atoms with Gasteiger partial charge in [0.25, 0.3) is 0 Å². The molecule has 22 heavy (non-hydrogen) atoms. The number of aliphatic carboxylic acids is 1. The van der Waals surface area contributed by atoms with E-state index >= 15 is 0 Å². The average Bonchev–Trinajstić information content (AvgIpc) is 2.73. The number of carbonyl (C=O) groups excluding carboxylic acids is 1. The van der Waals surface area contributed by atoms with Crippen LogP contribution in [-0.2, 0) is 16.1 Å². The summed E-state index contributed by atoms with van der Waals surface area (Å²) in [6.07, 6.45) is 0.435. The molecule has 120 valence electrons. The summed E-state index contributed by atoms with van der Waals surface area (Å²) >= 11 is 0. The number of benzene rings is 1. The number of carboxylic acids is 1. The number of hydrogen-bond acceptors (Lipinski definition) is 3. The van der Waals surface area contributed by atoms with Gasteiger partial charge in [0.15, 0.2) is 0 Å². The zero-order valence-electron chi connectivity index (χ0n) is 13.2. The van der Waals surface area contributed by atoms with Gasteiger partial charge in [0, 0.05) is 19.5 Å². The SMILES string of the molecule is CC(C)CN1C(=O)CN(Cc2ccccc2)C1CCC(=O)O. The maximum absolute atomic E-state index is 12.3. The normalized spacial score (nSPS) is 19.1. The van der Waals surface area contributed by atoms with Gasteiger partial charge in [-0.1, -0.05) is 44.2 Å². The molecule has 1 heterocycles. The summed E-state index contributed by atoms with van der Waals surface area (Å²) in [6, 6.07) is 9.98. The van der Waals surface area contributed by atoms with Crippen LogP contribution in [0.4, 0.5) is 0 Å². The molecular formula is C17H24N2O3. The van der Waals surface area contributed by atoms with Gasteiger partial charge in [-0.25, -0.2) is 0 Å². The quantitative estimate of drug-likeness (QED) is 0.839. The molecule has 1 atom stereocenters. The van der Waals surface area contributed by atoms with Gasteiger partial charge in [0.2, 0.25) is 5.91 Å². The third kappa shape index (κ3) is 4.31. The van der Waals surface area contributed by atoms with E-state index in [4.69, 9.17) is 5.11 Å². The summed E-state index contributed by atoms with van der Waals surface area (Å²) in [6.45, 7) is 5.86. The summed E-state index contributed by atoms with van der Waals surface area (Å²) < 4.78 is 0. The topological polar surface area (TPSA) is 60.9 Å². The van der Waals surface area contributed by atoms with E-state index in [1.54, 1.807) is 0 Å². The molecule has 2 rings (SSSR count). The van der Waals surface area contributed by atoms with Crippen molar-refractivity contribution >= 4 is 11.9 Å². The Kier molecular flexibility index (Phi) is 5.55. The van der Waals surface area contributed by atoms with Crippen molar-refractivity contribution in [2.75, 3.05) is 13.1 Å². The molecular weight excluding hydrogens is 280 g/mol. The van der Waals surface area contributed by atoms with Crippen molar-refractivity contribution in [1.82, 2.24) is 9.80 Å². The van der Waals surface area contributed by atoms with Gasteiger partial charge in [-0.3, -0.25) is 14.5 Å². The van der Waals surface area contributed by atoms with E-state index in [9.17, 15) is 9.59 Å². The molecule has 0 aromatic heterocycles. The summed E-state index contributed by atoms with van der Waals surface area (Å²) in [5.74, 6) is -0.350. The molecule has 1 saturated heterocycles. The Hall–Kier alpha value is -1.88. The molecule has 0 spiro atoms. The maximum atomic E-state index is 12.3. The number of hydrogen-bond donors (Lipinski definition) is 1. The zero-order valence-corrected chi connectivity index (χ0v) is 13.2. The van der Waals surface area contributed by atoms with E-state index in [0.29, 0.717) is 32.0 Å². The van der Waals surface area contributed by atoms with Crippen molar-refractivity contribution in [1.29, 1.82) is 0 Å². The van der Waals surface area contributed by atoms with Crippen molar-refractivity contribution in [3.63, 3.8) is 0 Å². The minimum Gasteiger partial charge on any atom is -0.481 e. The maximum Gasteiger partial charge on any atom is 0.303 e. The Labute approximate surface area is 131 Å². The summed E-state index contributed by atoms with van der Waals surface area (Å²) in [5, 5.41) is 8.96. The van der Waals surface area contributed by atoms with Gasteiger partial charge in [-0.15, -0.1) is 0 Å². The van der Waals surface area contributed by atoms with Crippen LogP contribution < -0.4 is 0 Å². The van der Waals surface area contributed by atoms with E-state index in [1.165, 1.54) is 0 Å². The predicted molar refractivity (Wildman–Crippen MR) is 84.1 cm³/mol. The largest absolute Gasteiger partial charge is 0.481 e. The number of rotatable bonds is 7. The molecule has 1 amide bonds. The highest BCUT2D eigenvalue weighted by molar-refractivity contribution is 5.80. The smallest absolute Gasteiger partial charge is 0.303 e. The minimum atomic E-state index is -0.816. The van der Waals surface area contributed by atoms with E-state index in [-0.39, 0.29) is 18.5 Å². The fourth-order valence-corrected chi connectivity index (χ4v) is 2.92. The van der Waals surface area contributed by atoms with Crippen molar-refractivity contribution in [3.05, 3.63) is 35.9 Å². The van der Waals surface area contributed by atoms with Gasteiger partial charge in [0.05, 0.1) is 12.7 Å². The van der Waals surface area contributed by atoms with Crippen LogP contribution in [0.1, 0.15) is 32.3 Å². The van der Waals surface area contributed by atoms with Gasteiger partial charge >= 0.3 is 5.97 Å². The Morgan fingerprint density at radius 3 is 2.59 bits per heavy atom. The zero-order chi connectivity index (χ0) is 16.1. The van der Waals surface area contributed by atoms with Crippen LogP contribution >= 0.6 is 0 Å². The van der Waals surface area contributed by atoms with Gasteiger partial charge < -0.3 is 10.0 Å². The highest BCUT2D eigenvalue weighted by atomic mass is 16.4. The molecule has 0 bridgehead atoms. The highest BCUT2D eigenvalue weighted by Gasteiger charge is 2.37. The summed E-state index contributed by atoms with van der Waals surface area (Å²) in [5.41, 5.74) is 1.14. The molecule has 5 nitrogen and oxygen atoms in total. The van der Waals surface area contributed by atoms with Crippen LogP contribution in [0.3, 0.4) is 0 Å². The predicted octanol–water partition coefficient (Wildman–Crippen LogP) is 2.18. The first-order valence-corrected chi connectivity index (χ1v) is 7.76. The molecule has 1 aromatic carbocycles. The third-order valence-corrected chi connectivity index (χ3v) is 3.85. The van der Waals surface area contributed by atoms with Gasteiger partial charge in [-0.05, 0) is 17.9 Å². The Morgan fingerprint density at radius 2 is 2.00 bits per heavy atom. The number of carbonyl (C=O) groups is 2. The van der Waals surface area contributed by atoms with Crippen LogP contribution in [0.2, 0.25) is 0 Å².